The van der Waals surface area contributed by atoms with Crippen LogP contribution in [0.4, 0.5) is 13.2 Å². The Hall–Kier alpha value is -1.35. The second-order valence-electron chi connectivity index (χ2n) is 10.6. The van der Waals surface area contributed by atoms with Gasteiger partial charge in [-0.2, -0.15) is 0 Å². The van der Waals surface area contributed by atoms with Crippen LogP contribution in [0.1, 0.15) is 72.6 Å². The Morgan fingerprint density at radius 2 is 1.68 bits per heavy atom. The summed E-state index contributed by atoms with van der Waals surface area (Å²) in [5.74, 6) is -0.217. The van der Waals surface area contributed by atoms with Crippen LogP contribution in [0.3, 0.4) is 0 Å². The van der Waals surface area contributed by atoms with Crippen molar-refractivity contribution in [1.82, 2.24) is 21.5 Å². The van der Waals surface area contributed by atoms with Gasteiger partial charge in [0.25, 0.3) is 0 Å². The van der Waals surface area contributed by atoms with Crippen LogP contribution < -0.4 is 21.5 Å². The fraction of sp³-hybridized carbons (Fsp3) is 0.909. The molecule has 3 fully saturated rings. The number of alkyl halides is 3. The highest BCUT2D eigenvalue weighted by molar-refractivity contribution is 5.98. The molecule has 0 aromatic carbocycles. The quantitative estimate of drug-likeness (QED) is 0.397. The largest absolute Gasteiger partial charge is 0.351 e. The van der Waals surface area contributed by atoms with Gasteiger partial charge in [-0.15, -0.1) is 0 Å². The number of nitrogens with zero attached hydrogens (tertiary/aromatic N) is 1. The van der Waals surface area contributed by atoms with Gasteiger partial charge in [0.1, 0.15) is 24.7 Å². The number of carbonyl (C=O) groups excluding carboxylic acids is 1. The molecule has 178 valence electrons. The van der Waals surface area contributed by atoms with Gasteiger partial charge in [0.05, 0.1) is 0 Å². The van der Waals surface area contributed by atoms with Gasteiger partial charge in [-0.05, 0) is 71.1 Å². The number of aliphatic imine (C=N–C) groups is 1. The first-order valence-electron chi connectivity index (χ1n) is 11.6. The lowest BCUT2D eigenvalue weighted by Gasteiger charge is -2.32. The van der Waals surface area contributed by atoms with Gasteiger partial charge in [-0.3, -0.25) is 15.5 Å². The molecule has 9 heteroatoms. The van der Waals surface area contributed by atoms with Gasteiger partial charge in [-0.25, -0.2) is 23.6 Å². The Morgan fingerprint density at radius 3 is 2.32 bits per heavy atom. The molecule has 0 aromatic rings. The first-order chi connectivity index (χ1) is 14.5. The molecule has 1 heterocycles. The van der Waals surface area contributed by atoms with Gasteiger partial charge in [0.15, 0.2) is 5.96 Å². The Labute approximate surface area is 183 Å². The summed E-state index contributed by atoms with van der Waals surface area (Å²) in [5.41, 5.74) is 6.05. The number of nitrogens with one attached hydrogen (secondary N) is 4. The zero-order valence-electron chi connectivity index (χ0n) is 19.1. The summed E-state index contributed by atoms with van der Waals surface area (Å²) in [6, 6.07) is 0.123. The average Bonchev–Trinajstić information content (AvgIpc) is 3.13. The average molecular weight is 446 g/mol. The van der Waals surface area contributed by atoms with Crippen LogP contribution in [-0.4, -0.2) is 48.1 Å². The van der Waals surface area contributed by atoms with Crippen molar-refractivity contribution in [3.63, 3.8) is 0 Å². The zero-order valence-corrected chi connectivity index (χ0v) is 19.1. The fourth-order valence-corrected chi connectivity index (χ4v) is 4.76. The third kappa shape index (κ3) is 6.81. The van der Waals surface area contributed by atoms with Crippen molar-refractivity contribution in [3.8, 4) is 0 Å². The summed E-state index contributed by atoms with van der Waals surface area (Å²) in [6.07, 6.45) is -0.714. The number of hydrogen-bond donors (Lipinski definition) is 4. The smallest absolute Gasteiger partial charge is 0.229 e. The number of amides is 1. The molecular formula is C22H38F3N5O. The van der Waals surface area contributed by atoms with Crippen LogP contribution in [0.25, 0.3) is 0 Å². The molecule has 3 rings (SSSR count). The van der Waals surface area contributed by atoms with E-state index >= 15 is 0 Å². The normalized spacial score (nSPS) is 39.9. The van der Waals surface area contributed by atoms with E-state index in [4.69, 9.17) is 0 Å². The Balaban J connectivity index is 1.61. The maximum atomic E-state index is 14.2. The molecule has 0 bridgehead atoms. The SMILES string of the molecule is CC1CCC(C2CC(/N=C(/NC(=O)C3CCC(F)C(F)C3)NC(C)(C)C)NN2)CC1F. The van der Waals surface area contributed by atoms with Crippen LogP contribution in [-0.2, 0) is 4.79 Å². The van der Waals surface area contributed by atoms with E-state index in [9.17, 15) is 18.0 Å². The Bertz CT molecular complexity index is 656. The van der Waals surface area contributed by atoms with Crippen molar-refractivity contribution in [3.05, 3.63) is 0 Å². The molecule has 31 heavy (non-hydrogen) atoms. The second kappa shape index (κ2) is 10.1. The maximum Gasteiger partial charge on any atom is 0.229 e. The van der Waals surface area contributed by atoms with E-state index in [1.54, 1.807) is 0 Å². The van der Waals surface area contributed by atoms with Crippen LogP contribution in [0.2, 0.25) is 0 Å². The predicted octanol–water partition coefficient (Wildman–Crippen LogP) is 3.29. The maximum absolute atomic E-state index is 14.2. The van der Waals surface area contributed by atoms with Crippen molar-refractivity contribution < 1.29 is 18.0 Å². The Morgan fingerprint density at radius 1 is 0.935 bits per heavy atom. The highest BCUT2D eigenvalue weighted by atomic mass is 19.2. The summed E-state index contributed by atoms with van der Waals surface area (Å²) in [5, 5.41) is 6.00. The standard InChI is InChI=1S/C22H38F3N5O/c1-12-5-6-13(9-16(12)24)18-11-19(30-29-18)26-21(28-22(2,3)4)27-20(31)14-7-8-15(23)17(25)10-14/h12-19,29-30H,5-11H2,1-4H3,(H2,26,27,28,31). The molecule has 1 aliphatic heterocycles. The first-order valence-corrected chi connectivity index (χ1v) is 11.6. The summed E-state index contributed by atoms with van der Waals surface area (Å²) >= 11 is 0. The molecule has 2 saturated carbocycles. The van der Waals surface area contributed by atoms with Crippen molar-refractivity contribution in [2.24, 2.45) is 22.7 Å². The molecule has 6 nitrogen and oxygen atoms in total. The summed E-state index contributed by atoms with van der Waals surface area (Å²) in [7, 11) is 0. The van der Waals surface area contributed by atoms with E-state index in [1.165, 1.54) is 0 Å². The molecule has 4 N–H and O–H groups in total. The van der Waals surface area contributed by atoms with Crippen molar-refractivity contribution in [2.45, 2.75) is 109 Å². The van der Waals surface area contributed by atoms with E-state index < -0.39 is 24.4 Å². The molecule has 2 aliphatic carbocycles. The highest BCUT2D eigenvalue weighted by Crippen LogP contribution is 2.35. The Kier molecular flexibility index (Phi) is 7.89. The lowest BCUT2D eigenvalue weighted by Crippen LogP contribution is -2.52. The molecule has 3 aliphatic rings. The van der Waals surface area contributed by atoms with Gasteiger partial charge in [0.2, 0.25) is 5.91 Å². The molecule has 1 amide bonds. The molecule has 0 radical (unpaired) electrons. The van der Waals surface area contributed by atoms with E-state index in [0.717, 1.165) is 12.8 Å². The van der Waals surface area contributed by atoms with Gasteiger partial charge >= 0.3 is 0 Å². The molecule has 8 atom stereocenters. The number of hydrogen-bond acceptors (Lipinski definition) is 4. The molecule has 8 unspecified atom stereocenters. The minimum Gasteiger partial charge on any atom is -0.351 e. The molecule has 1 saturated heterocycles. The van der Waals surface area contributed by atoms with Crippen molar-refractivity contribution >= 4 is 11.9 Å². The van der Waals surface area contributed by atoms with Crippen LogP contribution in [0, 0.1) is 17.8 Å². The summed E-state index contributed by atoms with van der Waals surface area (Å²) in [4.78, 5) is 17.3. The summed E-state index contributed by atoms with van der Waals surface area (Å²) in [6.45, 7) is 7.82. The predicted molar refractivity (Wildman–Crippen MR) is 115 cm³/mol. The number of halogens is 3. The molecule has 0 aromatic heterocycles. The van der Waals surface area contributed by atoms with Gasteiger partial charge in [0, 0.05) is 23.9 Å². The fourth-order valence-electron chi connectivity index (χ4n) is 4.76. The monoisotopic (exact) mass is 445 g/mol. The number of rotatable bonds is 3. The third-order valence-electron chi connectivity index (χ3n) is 6.70. The summed E-state index contributed by atoms with van der Waals surface area (Å²) < 4.78 is 41.3. The van der Waals surface area contributed by atoms with Gasteiger partial charge in [-0.1, -0.05) is 6.92 Å². The van der Waals surface area contributed by atoms with Crippen LogP contribution in [0.15, 0.2) is 4.99 Å². The first kappa shape index (κ1) is 24.3. The van der Waals surface area contributed by atoms with Gasteiger partial charge < -0.3 is 5.32 Å². The van der Waals surface area contributed by atoms with Crippen LogP contribution >= 0.6 is 0 Å². The number of guanidine groups is 1. The highest BCUT2D eigenvalue weighted by Gasteiger charge is 2.37. The van der Waals surface area contributed by atoms with E-state index in [-0.39, 0.29) is 48.3 Å². The number of carbonyl (C=O) groups is 1. The molecule has 0 spiro atoms. The van der Waals surface area contributed by atoms with E-state index in [0.29, 0.717) is 25.2 Å². The lowest BCUT2D eigenvalue weighted by atomic mass is 9.77. The topological polar surface area (TPSA) is 77.5 Å². The van der Waals surface area contributed by atoms with Crippen molar-refractivity contribution in [1.29, 1.82) is 0 Å². The molecular weight excluding hydrogens is 407 g/mol. The minimum absolute atomic E-state index is 0.0593. The van der Waals surface area contributed by atoms with E-state index in [1.807, 2.05) is 27.7 Å². The minimum atomic E-state index is -1.60. The second-order valence-corrected chi connectivity index (χ2v) is 10.6. The lowest BCUT2D eigenvalue weighted by molar-refractivity contribution is -0.125. The van der Waals surface area contributed by atoms with E-state index in [2.05, 4.69) is 26.5 Å². The number of hydrazine groups is 1. The zero-order chi connectivity index (χ0) is 22.8. The van der Waals surface area contributed by atoms with Crippen molar-refractivity contribution in [2.75, 3.05) is 0 Å². The third-order valence-corrected chi connectivity index (χ3v) is 6.70. The van der Waals surface area contributed by atoms with Crippen LogP contribution in [0.5, 0.6) is 0 Å².